The molecular formula is C10H17N3O5S. The van der Waals surface area contributed by atoms with Crippen LogP contribution < -0.4 is 10.0 Å². The fraction of sp³-hybridized carbons (Fsp3) is 0.800. The van der Waals surface area contributed by atoms with Gasteiger partial charge in [-0.3, -0.25) is 9.59 Å². The second-order valence-corrected chi connectivity index (χ2v) is 6.54. The van der Waals surface area contributed by atoms with Gasteiger partial charge in [0.05, 0.1) is 5.92 Å². The van der Waals surface area contributed by atoms with E-state index in [0.717, 1.165) is 0 Å². The molecule has 2 rings (SSSR count). The molecule has 8 nitrogen and oxygen atoms in total. The summed E-state index contributed by atoms with van der Waals surface area (Å²) >= 11 is 0. The van der Waals surface area contributed by atoms with E-state index >= 15 is 0 Å². The van der Waals surface area contributed by atoms with Gasteiger partial charge in [-0.15, -0.1) is 0 Å². The zero-order valence-corrected chi connectivity index (χ0v) is 11.1. The lowest BCUT2D eigenvalue weighted by Crippen LogP contribution is -2.49. The van der Waals surface area contributed by atoms with Crippen LogP contribution in [0.2, 0.25) is 0 Å². The van der Waals surface area contributed by atoms with Gasteiger partial charge in [0.15, 0.2) is 0 Å². The van der Waals surface area contributed by atoms with Gasteiger partial charge in [-0.25, -0.2) is 0 Å². The molecular weight excluding hydrogens is 274 g/mol. The predicted octanol–water partition coefficient (Wildman–Crippen LogP) is -1.49. The smallest absolute Gasteiger partial charge is 0.306 e. The molecule has 2 aliphatic heterocycles. The summed E-state index contributed by atoms with van der Waals surface area (Å²) in [7, 11) is -3.64. The Balaban J connectivity index is 1.90. The third kappa shape index (κ3) is 3.43. The van der Waals surface area contributed by atoms with Crippen molar-refractivity contribution in [3.8, 4) is 0 Å². The molecule has 0 aromatic rings. The average molecular weight is 291 g/mol. The second-order valence-electron chi connectivity index (χ2n) is 4.84. The van der Waals surface area contributed by atoms with Crippen molar-refractivity contribution < 1.29 is 23.1 Å². The highest BCUT2D eigenvalue weighted by molar-refractivity contribution is 7.87. The molecule has 0 bridgehead atoms. The van der Waals surface area contributed by atoms with Crippen molar-refractivity contribution in [1.29, 1.82) is 0 Å². The van der Waals surface area contributed by atoms with Crippen LogP contribution in [0.15, 0.2) is 0 Å². The minimum atomic E-state index is -3.64. The molecule has 0 saturated carbocycles. The van der Waals surface area contributed by atoms with E-state index in [4.69, 9.17) is 5.11 Å². The fourth-order valence-corrected chi connectivity index (χ4v) is 3.75. The van der Waals surface area contributed by atoms with E-state index in [0.29, 0.717) is 19.4 Å². The third-order valence-electron chi connectivity index (χ3n) is 3.44. The SMILES string of the molecule is O=C1CC(NS(=O)(=O)N2CCC(C(=O)O)CC2)CN1. The summed E-state index contributed by atoms with van der Waals surface area (Å²) in [6.07, 6.45) is 0.779. The first kappa shape index (κ1) is 14.2. The van der Waals surface area contributed by atoms with E-state index in [1.807, 2.05) is 0 Å². The van der Waals surface area contributed by atoms with Crippen molar-refractivity contribution >= 4 is 22.1 Å². The Morgan fingerprint density at radius 3 is 2.47 bits per heavy atom. The number of hydrogen-bond donors (Lipinski definition) is 3. The largest absolute Gasteiger partial charge is 0.481 e. The summed E-state index contributed by atoms with van der Waals surface area (Å²) in [6, 6.07) is -0.422. The fourth-order valence-electron chi connectivity index (χ4n) is 2.32. The monoisotopic (exact) mass is 291 g/mol. The zero-order valence-electron chi connectivity index (χ0n) is 10.3. The van der Waals surface area contributed by atoms with Crippen molar-refractivity contribution in [2.24, 2.45) is 5.92 Å². The van der Waals surface area contributed by atoms with Crippen molar-refractivity contribution in [1.82, 2.24) is 14.3 Å². The van der Waals surface area contributed by atoms with E-state index in [1.54, 1.807) is 0 Å². The molecule has 9 heteroatoms. The molecule has 2 heterocycles. The summed E-state index contributed by atoms with van der Waals surface area (Å²) in [6.45, 7) is 0.685. The van der Waals surface area contributed by atoms with Gasteiger partial charge in [0.2, 0.25) is 5.91 Å². The molecule has 3 N–H and O–H groups in total. The molecule has 2 aliphatic rings. The zero-order chi connectivity index (χ0) is 14.0. The number of piperidine rings is 1. The first-order valence-electron chi connectivity index (χ1n) is 6.15. The Morgan fingerprint density at radius 1 is 1.37 bits per heavy atom. The van der Waals surface area contributed by atoms with E-state index in [1.165, 1.54) is 4.31 Å². The molecule has 0 aromatic carbocycles. The Bertz CT molecular complexity index is 470. The number of carbonyl (C=O) groups excluding carboxylic acids is 1. The lowest BCUT2D eigenvalue weighted by molar-refractivity contribution is -0.143. The average Bonchev–Trinajstić information content (AvgIpc) is 2.74. The van der Waals surface area contributed by atoms with E-state index in [9.17, 15) is 18.0 Å². The third-order valence-corrected chi connectivity index (χ3v) is 5.11. The Hall–Kier alpha value is -1.19. The lowest BCUT2D eigenvalue weighted by Gasteiger charge is -2.30. The van der Waals surface area contributed by atoms with Crippen LogP contribution >= 0.6 is 0 Å². The lowest BCUT2D eigenvalue weighted by atomic mass is 9.99. The van der Waals surface area contributed by atoms with Gasteiger partial charge in [0, 0.05) is 32.1 Å². The van der Waals surface area contributed by atoms with Gasteiger partial charge in [-0.1, -0.05) is 0 Å². The summed E-state index contributed by atoms with van der Waals surface area (Å²) < 4.78 is 27.8. The standard InChI is InChI=1S/C10H17N3O5S/c14-9-5-8(6-11-9)12-19(17,18)13-3-1-7(2-4-13)10(15)16/h7-8,12H,1-6H2,(H,11,14)(H,15,16). The molecule has 0 aromatic heterocycles. The van der Waals surface area contributed by atoms with Crippen molar-refractivity contribution in [2.75, 3.05) is 19.6 Å². The van der Waals surface area contributed by atoms with Gasteiger partial charge in [-0.2, -0.15) is 17.4 Å². The normalized spacial score (nSPS) is 26.3. The number of nitrogens with zero attached hydrogens (tertiary/aromatic N) is 1. The van der Waals surface area contributed by atoms with Crippen LogP contribution in [0, 0.1) is 5.92 Å². The molecule has 0 spiro atoms. The maximum absolute atomic E-state index is 12.1. The predicted molar refractivity (Wildman–Crippen MR) is 65.4 cm³/mol. The molecule has 2 saturated heterocycles. The van der Waals surface area contributed by atoms with Crippen LogP contribution in [0.1, 0.15) is 19.3 Å². The van der Waals surface area contributed by atoms with Crippen molar-refractivity contribution in [3.63, 3.8) is 0 Å². The maximum Gasteiger partial charge on any atom is 0.306 e. The summed E-state index contributed by atoms with van der Waals surface area (Å²) in [5, 5.41) is 11.4. The van der Waals surface area contributed by atoms with Crippen LogP contribution in [0.25, 0.3) is 0 Å². The molecule has 1 atom stereocenters. The highest BCUT2D eigenvalue weighted by Crippen LogP contribution is 2.19. The number of hydrogen-bond acceptors (Lipinski definition) is 4. The van der Waals surface area contributed by atoms with Gasteiger partial charge in [0.1, 0.15) is 0 Å². The summed E-state index contributed by atoms with van der Waals surface area (Å²) in [4.78, 5) is 21.8. The van der Waals surface area contributed by atoms with Crippen LogP contribution in [0.4, 0.5) is 0 Å². The molecule has 2 fully saturated rings. The number of nitrogens with one attached hydrogen (secondary N) is 2. The Labute approximate surface area is 111 Å². The Kier molecular flexibility index (Phi) is 4.07. The van der Waals surface area contributed by atoms with Crippen LogP contribution in [-0.4, -0.2) is 55.4 Å². The van der Waals surface area contributed by atoms with E-state index in [-0.39, 0.29) is 25.4 Å². The van der Waals surface area contributed by atoms with Gasteiger partial charge in [-0.05, 0) is 12.8 Å². The maximum atomic E-state index is 12.1. The van der Waals surface area contributed by atoms with E-state index < -0.39 is 28.1 Å². The number of carboxylic acids is 1. The van der Waals surface area contributed by atoms with Gasteiger partial charge >= 0.3 is 5.97 Å². The highest BCUT2D eigenvalue weighted by atomic mass is 32.2. The number of carbonyl (C=O) groups is 2. The van der Waals surface area contributed by atoms with Crippen molar-refractivity contribution in [3.05, 3.63) is 0 Å². The first-order valence-corrected chi connectivity index (χ1v) is 7.59. The topological polar surface area (TPSA) is 116 Å². The quantitative estimate of drug-likeness (QED) is 0.583. The van der Waals surface area contributed by atoms with Gasteiger partial charge < -0.3 is 10.4 Å². The highest BCUT2D eigenvalue weighted by Gasteiger charge is 2.33. The molecule has 1 unspecified atom stereocenters. The van der Waals surface area contributed by atoms with Crippen LogP contribution in [0.3, 0.4) is 0 Å². The number of carboxylic acid groups (broad SMARTS) is 1. The number of aliphatic carboxylic acids is 1. The van der Waals surface area contributed by atoms with Gasteiger partial charge in [0.25, 0.3) is 10.2 Å². The first-order chi connectivity index (χ1) is 8.88. The molecule has 0 radical (unpaired) electrons. The molecule has 0 aliphatic carbocycles. The number of amides is 1. The number of rotatable bonds is 4. The summed E-state index contributed by atoms with van der Waals surface area (Å²) in [5.41, 5.74) is 0. The minimum absolute atomic E-state index is 0.144. The minimum Gasteiger partial charge on any atom is -0.481 e. The van der Waals surface area contributed by atoms with Crippen LogP contribution in [0.5, 0.6) is 0 Å². The van der Waals surface area contributed by atoms with E-state index in [2.05, 4.69) is 10.0 Å². The molecule has 1 amide bonds. The van der Waals surface area contributed by atoms with Crippen LogP contribution in [-0.2, 0) is 19.8 Å². The Morgan fingerprint density at radius 2 is 2.00 bits per heavy atom. The second kappa shape index (κ2) is 5.43. The molecule has 19 heavy (non-hydrogen) atoms. The summed E-state index contributed by atoms with van der Waals surface area (Å²) in [5.74, 6) is -1.52. The van der Waals surface area contributed by atoms with Crippen molar-refractivity contribution in [2.45, 2.75) is 25.3 Å². The molecule has 108 valence electrons.